The first kappa shape index (κ1) is 19.3. The quantitative estimate of drug-likeness (QED) is 0.382. The number of carbonyl (C=O) groups is 1. The van der Waals surface area contributed by atoms with Crippen molar-refractivity contribution in [1.82, 2.24) is 9.38 Å². The molecule has 0 fully saturated rings. The molecule has 0 aliphatic heterocycles. The van der Waals surface area contributed by atoms with E-state index in [4.69, 9.17) is 9.73 Å². The fourth-order valence-corrected chi connectivity index (χ4v) is 3.20. The molecule has 0 N–H and O–H groups in total. The maximum Gasteiger partial charge on any atom is 0.336 e. The Morgan fingerprint density at radius 1 is 0.933 bits per heavy atom. The van der Waals surface area contributed by atoms with Gasteiger partial charge in [-0.1, -0.05) is 66.7 Å². The number of hydrogen-bond donors (Lipinski definition) is 0. The van der Waals surface area contributed by atoms with Gasteiger partial charge in [0.15, 0.2) is 6.04 Å². The molecule has 0 saturated heterocycles. The topological polar surface area (TPSA) is 73.0 Å². The molecule has 0 aliphatic rings. The molecule has 0 amide bonds. The fourth-order valence-electron chi connectivity index (χ4n) is 3.20. The lowest BCUT2D eigenvalue weighted by Gasteiger charge is -2.14. The number of nitrogens with zero attached hydrogens (tertiary/aromatic N) is 3. The van der Waals surface area contributed by atoms with Gasteiger partial charge in [-0.2, -0.15) is 0 Å². The summed E-state index contributed by atoms with van der Waals surface area (Å²) in [5, 5.41) is 0. The molecule has 0 bridgehead atoms. The summed E-state index contributed by atoms with van der Waals surface area (Å²) in [7, 11) is 1.30. The van der Waals surface area contributed by atoms with E-state index in [-0.39, 0.29) is 11.3 Å². The molecule has 4 rings (SSSR count). The van der Waals surface area contributed by atoms with E-state index in [0.717, 1.165) is 11.1 Å². The molecule has 6 heteroatoms. The van der Waals surface area contributed by atoms with Gasteiger partial charge in [-0.3, -0.25) is 14.2 Å². The normalized spacial score (nSPS) is 11.6. The van der Waals surface area contributed by atoms with Crippen LogP contribution in [0.5, 0.6) is 0 Å². The van der Waals surface area contributed by atoms with Crippen LogP contribution >= 0.6 is 0 Å². The number of carbonyl (C=O) groups excluding carboxylic acids is 1. The van der Waals surface area contributed by atoms with Gasteiger partial charge in [0, 0.05) is 23.4 Å². The molecule has 2 heterocycles. The third-order valence-electron chi connectivity index (χ3n) is 4.65. The van der Waals surface area contributed by atoms with Crippen molar-refractivity contribution in [3.05, 3.63) is 118 Å². The number of methoxy groups -OCH3 is 1. The van der Waals surface area contributed by atoms with Crippen LogP contribution < -0.4 is 5.56 Å². The van der Waals surface area contributed by atoms with Crippen molar-refractivity contribution >= 4 is 17.3 Å². The molecule has 2 aromatic carbocycles. The summed E-state index contributed by atoms with van der Waals surface area (Å²) in [6, 6.07) is 24.6. The zero-order valence-electron chi connectivity index (χ0n) is 16.3. The van der Waals surface area contributed by atoms with Crippen LogP contribution in [0.1, 0.15) is 22.9 Å². The molecule has 0 spiro atoms. The lowest BCUT2D eigenvalue weighted by atomic mass is 10.0. The highest BCUT2D eigenvalue weighted by molar-refractivity contribution is 6.13. The summed E-state index contributed by atoms with van der Waals surface area (Å²) in [4.78, 5) is 34.5. The molecule has 6 nitrogen and oxygen atoms in total. The lowest BCUT2D eigenvalue weighted by molar-refractivity contribution is -0.142. The van der Waals surface area contributed by atoms with Crippen LogP contribution in [0.2, 0.25) is 0 Å². The number of ether oxygens (including phenoxy) is 1. The summed E-state index contributed by atoms with van der Waals surface area (Å²) in [6.45, 7) is 0. The van der Waals surface area contributed by atoms with Crippen molar-refractivity contribution in [2.24, 2.45) is 4.99 Å². The van der Waals surface area contributed by atoms with E-state index in [1.807, 2.05) is 60.7 Å². The van der Waals surface area contributed by atoms with Crippen molar-refractivity contribution in [3.8, 4) is 0 Å². The highest BCUT2D eigenvalue weighted by Crippen LogP contribution is 2.21. The average Bonchev–Trinajstić information content (AvgIpc) is 2.80. The summed E-state index contributed by atoms with van der Waals surface area (Å²) in [6.07, 6.45) is 1.63. The Kier molecular flexibility index (Phi) is 5.48. The van der Waals surface area contributed by atoms with Gasteiger partial charge in [0.2, 0.25) is 0 Å². The van der Waals surface area contributed by atoms with Crippen LogP contribution in [-0.4, -0.2) is 28.2 Å². The van der Waals surface area contributed by atoms with Crippen molar-refractivity contribution in [2.45, 2.75) is 6.04 Å². The Balaban J connectivity index is 1.92. The highest BCUT2D eigenvalue weighted by Gasteiger charge is 2.25. The van der Waals surface area contributed by atoms with Crippen molar-refractivity contribution < 1.29 is 9.53 Å². The van der Waals surface area contributed by atoms with Crippen LogP contribution in [0.15, 0.2) is 101 Å². The van der Waals surface area contributed by atoms with Gasteiger partial charge < -0.3 is 4.74 Å². The fraction of sp³-hybridized carbons (Fsp3) is 0.0833. The lowest BCUT2D eigenvalue weighted by Crippen LogP contribution is -2.21. The maximum atomic E-state index is 12.7. The van der Waals surface area contributed by atoms with E-state index in [0.29, 0.717) is 11.4 Å². The predicted octanol–water partition coefficient (Wildman–Crippen LogP) is 3.45. The second kappa shape index (κ2) is 8.53. The highest BCUT2D eigenvalue weighted by atomic mass is 16.5. The molecule has 30 heavy (non-hydrogen) atoms. The SMILES string of the molecule is COC(=O)C(N=C(c1ccccc1)c1ccccc1)c1cc(=O)n2ccccc2n1. The van der Waals surface area contributed by atoms with Crippen LogP contribution in [-0.2, 0) is 9.53 Å². The zero-order valence-corrected chi connectivity index (χ0v) is 16.3. The Morgan fingerprint density at radius 3 is 2.13 bits per heavy atom. The van der Waals surface area contributed by atoms with Crippen LogP contribution in [0, 0.1) is 0 Å². The maximum absolute atomic E-state index is 12.7. The minimum Gasteiger partial charge on any atom is -0.467 e. The molecule has 2 aromatic heterocycles. The Hall–Kier alpha value is -4.06. The van der Waals surface area contributed by atoms with Gasteiger partial charge in [0.1, 0.15) is 5.65 Å². The zero-order chi connectivity index (χ0) is 20.9. The number of pyridine rings is 1. The Bertz CT molecular complexity index is 1220. The molecule has 0 aliphatic carbocycles. The summed E-state index contributed by atoms with van der Waals surface area (Å²) in [5.41, 5.74) is 2.68. The Morgan fingerprint density at radius 2 is 1.53 bits per heavy atom. The first-order chi connectivity index (χ1) is 14.7. The van der Waals surface area contributed by atoms with Crippen LogP contribution in [0.25, 0.3) is 5.65 Å². The van der Waals surface area contributed by atoms with Gasteiger partial charge >= 0.3 is 5.97 Å². The number of hydrogen-bond acceptors (Lipinski definition) is 5. The van der Waals surface area contributed by atoms with Crippen molar-refractivity contribution in [1.29, 1.82) is 0 Å². The first-order valence-electron chi connectivity index (χ1n) is 9.42. The second-order valence-corrected chi connectivity index (χ2v) is 6.58. The molecular formula is C24H19N3O3. The third kappa shape index (κ3) is 3.89. The Labute approximate surface area is 173 Å². The summed E-state index contributed by atoms with van der Waals surface area (Å²) < 4.78 is 6.41. The van der Waals surface area contributed by atoms with Gasteiger partial charge in [-0.05, 0) is 12.1 Å². The van der Waals surface area contributed by atoms with Gasteiger partial charge in [0.05, 0.1) is 18.5 Å². The number of aliphatic imine (C=N–C) groups is 1. The largest absolute Gasteiger partial charge is 0.467 e. The molecule has 148 valence electrons. The monoisotopic (exact) mass is 397 g/mol. The van der Waals surface area contributed by atoms with Gasteiger partial charge in [-0.25, -0.2) is 9.78 Å². The number of rotatable bonds is 5. The number of benzene rings is 2. The molecule has 0 radical (unpaired) electrons. The molecule has 4 aromatic rings. The minimum atomic E-state index is -1.08. The van der Waals surface area contributed by atoms with E-state index in [1.54, 1.807) is 24.4 Å². The van der Waals surface area contributed by atoms with E-state index in [1.165, 1.54) is 17.6 Å². The van der Waals surface area contributed by atoms with Crippen molar-refractivity contribution in [3.63, 3.8) is 0 Å². The minimum absolute atomic E-state index is 0.238. The van der Waals surface area contributed by atoms with Gasteiger partial charge in [0.25, 0.3) is 5.56 Å². The van der Waals surface area contributed by atoms with Gasteiger partial charge in [-0.15, -0.1) is 0 Å². The summed E-state index contributed by atoms with van der Waals surface area (Å²) >= 11 is 0. The van der Waals surface area contributed by atoms with E-state index in [2.05, 4.69) is 4.98 Å². The molecule has 1 atom stereocenters. The number of fused-ring (bicyclic) bond motifs is 1. The third-order valence-corrected chi connectivity index (χ3v) is 4.65. The van der Waals surface area contributed by atoms with Crippen LogP contribution in [0.3, 0.4) is 0 Å². The molecule has 0 saturated carbocycles. The van der Waals surface area contributed by atoms with E-state index >= 15 is 0 Å². The number of aromatic nitrogens is 2. The van der Waals surface area contributed by atoms with Crippen molar-refractivity contribution in [2.75, 3.05) is 7.11 Å². The van der Waals surface area contributed by atoms with E-state index in [9.17, 15) is 9.59 Å². The molecule has 1 unspecified atom stereocenters. The smallest absolute Gasteiger partial charge is 0.336 e. The van der Waals surface area contributed by atoms with E-state index < -0.39 is 12.0 Å². The molecular weight excluding hydrogens is 378 g/mol. The standard InChI is InChI=1S/C24H19N3O3/c1-30-24(29)23(19-16-21(28)27-15-9-8-14-20(27)25-19)26-22(17-10-4-2-5-11-17)18-12-6-3-7-13-18/h2-16,23H,1H3. The predicted molar refractivity (Wildman–Crippen MR) is 115 cm³/mol. The first-order valence-corrected chi connectivity index (χ1v) is 9.42. The van der Waals surface area contributed by atoms with Crippen LogP contribution in [0.4, 0.5) is 0 Å². The number of esters is 1. The average molecular weight is 397 g/mol. The summed E-state index contributed by atoms with van der Waals surface area (Å²) in [5.74, 6) is -0.591. The second-order valence-electron chi connectivity index (χ2n) is 6.58.